The maximum Gasteiger partial charge on any atom is 0.348 e. The first-order valence-electron chi connectivity index (χ1n) is 7.82. The molecule has 0 unspecified atom stereocenters. The largest absolute Gasteiger partial charge is 0.348 e. The summed E-state index contributed by atoms with van der Waals surface area (Å²) in [7, 11) is 0. The third-order valence-corrected chi connectivity index (χ3v) is 4.15. The maximum atomic E-state index is 12.6. The molecule has 10 nitrogen and oxygen atoms in total. The lowest BCUT2D eigenvalue weighted by molar-refractivity contribution is -0.422. The van der Waals surface area contributed by atoms with Crippen molar-refractivity contribution in [3.63, 3.8) is 0 Å². The number of aliphatic imine (C=N–C) groups is 1. The molecule has 0 atom stereocenters. The van der Waals surface area contributed by atoms with Crippen molar-refractivity contribution in [2.75, 3.05) is 0 Å². The second-order valence-corrected chi connectivity index (χ2v) is 6.15. The fraction of sp³-hybridized carbons (Fsp3) is 0.0588. The second kappa shape index (κ2) is 7.45. The number of hydrogen-bond acceptors (Lipinski definition) is 6. The Kier molecular flexibility index (Phi) is 5.05. The highest BCUT2D eigenvalue weighted by Gasteiger charge is 2.24. The number of nitro groups is 2. The Morgan fingerprint density at radius 3 is 2.32 bits per heavy atom. The van der Waals surface area contributed by atoms with E-state index in [9.17, 15) is 25.0 Å². The van der Waals surface area contributed by atoms with Crippen LogP contribution in [0.5, 0.6) is 0 Å². The van der Waals surface area contributed by atoms with Gasteiger partial charge in [-0.05, 0) is 37.3 Å². The fourth-order valence-electron chi connectivity index (χ4n) is 2.52. The van der Waals surface area contributed by atoms with E-state index >= 15 is 0 Å². The van der Waals surface area contributed by atoms with Crippen molar-refractivity contribution < 1.29 is 9.85 Å². The Hall–Kier alpha value is -3.79. The van der Waals surface area contributed by atoms with Gasteiger partial charge in [-0.1, -0.05) is 11.6 Å². The molecule has 3 aromatic rings. The van der Waals surface area contributed by atoms with Crippen LogP contribution in [-0.2, 0) is 0 Å². The predicted octanol–water partition coefficient (Wildman–Crippen LogP) is 3.69. The van der Waals surface area contributed by atoms with Crippen LogP contribution in [0.15, 0.2) is 52.3 Å². The quantitative estimate of drug-likeness (QED) is 0.395. The Balaban J connectivity index is 1.98. The van der Waals surface area contributed by atoms with E-state index in [0.717, 1.165) is 12.1 Å². The average molecular weight is 402 g/mol. The minimum atomic E-state index is -0.855. The summed E-state index contributed by atoms with van der Waals surface area (Å²) in [5.74, 6) is 0. The summed E-state index contributed by atoms with van der Waals surface area (Å²) in [6, 6.07) is 9.86. The molecule has 1 aromatic heterocycles. The molecular weight excluding hydrogens is 390 g/mol. The van der Waals surface area contributed by atoms with E-state index in [0.29, 0.717) is 16.4 Å². The number of nitro benzene ring substituents is 2. The molecule has 0 radical (unpaired) electrons. The highest BCUT2D eigenvalue weighted by molar-refractivity contribution is 6.30. The minimum absolute atomic E-state index is 0.107. The van der Waals surface area contributed by atoms with E-state index in [2.05, 4.69) is 10.1 Å². The molecule has 142 valence electrons. The number of nitrogens with zero attached hydrogens (tertiary/aromatic N) is 4. The lowest BCUT2D eigenvalue weighted by atomic mass is 10.2. The SMILES string of the molecule is Cc1[nH]n(-c2ccc(Cl)cc2)c(=O)c1C=Nc1ccc([N+](=O)[O-])c([N+](=O)[O-])c1. The number of halogens is 1. The van der Waals surface area contributed by atoms with Crippen LogP contribution in [0.2, 0.25) is 5.02 Å². The Morgan fingerprint density at radius 2 is 1.71 bits per heavy atom. The molecule has 0 saturated heterocycles. The molecule has 0 bridgehead atoms. The van der Waals surface area contributed by atoms with E-state index in [1.165, 1.54) is 17.0 Å². The number of H-pyrrole nitrogens is 1. The predicted molar refractivity (Wildman–Crippen MR) is 103 cm³/mol. The van der Waals surface area contributed by atoms with E-state index in [1.54, 1.807) is 31.2 Å². The van der Waals surface area contributed by atoms with Gasteiger partial charge in [0.2, 0.25) is 0 Å². The van der Waals surface area contributed by atoms with Crippen molar-refractivity contribution in [3.05, 3.63) is 89.3 Å². The van der Waals surface area contributed by atoms with Crippen LogP contribution in [0.4, 0.5) is 17.1 Å². The zero-order valence-corrected chi connectivity index (χ0v) is 15.1. The molecule has 0 fully saturated rings. The smallest absolute Gasteiger partial charge is 0.295 e. The Morgan fingerprint density at radius 1 is 1.07 bits per heavy atom. The van der Waals surface area contributed by atoms with Crippen molar-refractivity contribution in [2.45, 2.75) is 6.92 Å². The van der Waals surface area contributed by atoms with Gasteiger partial charge >= 0.3 is 11.4 Å². The number of aryl methyl sites for hydroxylation is 1. The van der Waals surface area contributed by atoms with E-state index in [1.807, 2.05) is 0 Å². The van der Waals surface area contributed by atoms with Gasteiger partial charge in [-0.3, -0.25) is 35.1 Å². The molecule has 2 aromatic carbocycles. The topological polar surface area (TPSA) is 136 Å². The van der Waals surface area contributed by atoms with Crippen LogP contribution in [0, 0.1) is 27.2 Å². The molecule has 3 rings (SSSR count). The Labute approximate surface area is 162 Å². The number of aromatic amines is 1. The Bertz CT molecular complexity index is 1160. The summed E-state index contributed by atoms with van der Waals surface area (Å²) < 4.78 is 1.31. The molecule has 0 aliphatic carbocycles. The van der Waals surface area contributed by atoms with Crippen LogP contribution < -0.4 is 5.56 Å². The van der Waals surface area contributed by atoms with Crippen molar-refractivity contribution in [1.82, 2.24) is 9.78 Å². The molecule has 0 aliphatic rings. The zero-order valence-electron chi connectivity index (χ0n) is 14.3. The van der Waals surface area contributed by atoms with Crippen LogP contribution >= 0.6 is 11.6 Å². The van der Waals surface area contributed by atoms with E-state index in [4.69, 9.17) is 11.6 Å². The van der Waals surface area contributed by atoms with E-state index in [-0.39, 0.29) is 16.8 Å². The summed E-state index contributed by atoms with van der Waals surface area (Å²) in [4.78, 5) is 36.9. The van der Waals surface area contributed by atoms with Crippen LogP contribution in [-0.4, -0.2) is 25.8 Å². The summed E-state index contributed by atoms with van der Waals surface area (Å²) in [6.07, 6.45) is 1.26. The van der Waals surface area contributed by atoms with Gasteiger partial charge in [-0.2, -0.15) is 0 Å². The normalized spacial score (nSPS) is 11.1. The third-order valence-electron chi connectivity index (χ3n) is 3.90. The first-order chi connectivity index (χ1) is 13.3. The van der Waals surface area contributed by atoms with Crippen molar-refractivity contribution in [3.8, 4) is 5.69 Å². The van der Waals surface area contributed by atoms with E-state index < -0.39 is 21.2 Å². The van der Waals surface area contributed by atoms with Gasteiger partial charge in [0, 0.05) is 29.1 Å². The highest BCUT2D eigenvalue weighted by atomic mass is 35.5. The van der Waals surface area contributed by atoms with Gasteiger partial charge in [-0.15, -0.1) is 0 Å². The lowest BCUT2D eigenvalue weighted by Crippen LogP contribution is -2.17. The van der Waals surface area contributed by atoms with Gasteiger partial charge in [0.15, 0.2) is 0 Å². The maximum absolute atomic E-state index is 12.6. The molecule has 0 spiro atoms. The zero-order chi connectivity index (χ0) is 20.4. The van der Waals surface area contributed by atoms with Crippen LogP contribution in [0.25, 0.3) is 5.69 Å². The van der Waals surface area contributed by atoms with Gasteiger partial charge in [0.1, 0.15) is 0 Å². The molecule has 0 amide bonds. The van der Waals surface area contributed by atoms with Crippen LogP contribution in [0.1, 0.15) is 11.3 Å². The molecule has 11 heteroatoms. The average Bonchev–Trinajstić information content (AvgIpc) is 2.94. The molecule has 1 N–H and O–H groups in total. The summed E-state index contributed by atoms with van der Waals surface area (Å²) >= 11 is 5.85. The molecule has 28 heavy (non-hydrogen) atoms. The summed E-state index contributed by atoms with van der Waals surface area (Å²) in [5.41, 5.74) is -0.231. The summed E-state index contributed by atoms with van der Waals surface area (Å²) in [6.45, 7) is 1.67. The number of nitrogens with one attached hydrogen (secondary N) is 1. The van der Waals surface area contributed by atoms with Crippen molar-refractivity contribution in [2.24, 2.45) is 4.99 Å². The molecule has 0 aliphatic heterocycles. The van der Waals surface area contributed by atoms with Gasteiger partial charge in [0.25, 0.3) is 5.56 Å². The van der Waals surface area contributed by atoms with Gasteiger partial charge in [0.05, 0.1) is 26.8 Å². The highest BCUT2D eigenvalue weighted by Crippen LogP contribution is 2.30. The standard InChI is InChI=1S/C17H12ClN5O5/c1-10-14(17(24)21(20-10)13-5-2-11(18)3-6-13)9-19-12-4-7-15(22(25)26)16(8-12)23(27)28/h2-9,20H,1H3. The van der Waals surface area contributed by atoms with Crippen molar-refractivity contribution in [1.29, 1.82) is 0 Å². The number of rotatable bonds is 5. The first kappa shape index (κ1) is 19.0. The van der Waals surface area contributed by atoms with Gasteiger partial charge in [-0.25, -0.2) is 4.68 Å². The molecule has 0 saturated carbocycles. The lowest BCUT2D eigenvalue weighted by Gasteiger charge is -2.00. The minimum Gasteiger partial charge on any atom is -0.295 e. The number of hydrogen-bond donors (Lipinski definition) is 1. The van der Waals surface area contributed by atoms with Gasteiger partial charge < -0.3 is 0 Å². The fourth-order valence-corrected chi connectivity index (χ4v) is 2.64. The monoisotopic (exact) mass is 401 g/mol. The first-order valence-corrected chi connectivity index (χ1v) is 8.20. The molecule has 1 heterocycles. The van der Waals surface area contributed by atoms with Crippen molar-refractivity contribution >= 4 is 34.9 Å². The third kappa shape index (κ3) is 3.67. The number of aromatic nitrogens is 2. The second-order valence-electron chi connectivity index (χ2n) is 5.71. The summed E-state index contributed by atoms with van der Waals surface area (Å²) in [5, 5.41) is 25.3. The van der Waals surface area contributed by atoms with Crippen LogP contribution in [0.3, 0.4) is 0 Å². The molecular formula is C17H12ClN5O5. The number of benzene rings is 2.